The Bertz CT molecular complexity index is 861. The number of rotatable bonds is 4. The van der Waals surface area contributed by atoms with E-state index in [4.69, 9.17) is 11.2 Å². The first-order chi connectivity index (χ1) is 11.2. The molecule has 1 heterocycles. The van der Waals surface area contributed by atoms with Gasteiger partial charge < -0.3 is 4.74 Å². The van der Waals surface area contributed by atoms with E-state index < -0.39 is 0 Å². The first kappa shape index (κ1) is 15.1. The van der Waals surface area contributed by atoms with Crippen LogP contribution in [0.3, 0.4) is 0 Å². The standard InChI is InChI=1S/C20H18N2O/c1-4-11-23-17-9-10-19-18(12-17)20(22-13-21-19)16-7-5-15(6-8-16)14(2)3/h1,5-10,12-14H,11H2,2-3H3. The molecule has 0 amide bonds. The van der Waals surface area contributed by atoms with Crippen molar-refractivity contribution in [2.45, 2.75) is 19.8 Å². The van der Waals surface area contributed by atoms with Gasteiger partial charge in [0.15, 0.2) is 0 Å². The van der Waals surface area contributed by atoms with E-state index in [9.17, 15) is 0 Å². The second-order valence-corrected chi connectivity index (χ2v) is 5.67. The van der Waals surface area contributed by atoms with Crippen molar-refractivity contribution in [3.8, 4) is 29.4 Å². The summed E-state index contributed by atoms with van der Waals surface area (Å²) in [4.78, 5) is 8.79. The molecule has 0 radical (unpaired) electrons. The Balaban J connectivity index is 2.07. The molecule has 0 spiro atoms. The molecule has 0 fully saturated rings. The Morgan fingerprint density at radius 3 is 2.57 bits per heavy atom. The summed E-state index contributed by atoms with van der Waals surface area (Å²) in [5, 5.41) is 0.958. The topological polar surface area (TPSA) is 35.0 Å². The smallest absolute Gasteiger partial charge is 0.148 e. The SMILES string of the molecule is C#CCOc1ccc2ncnc(-c3ccc(C(C)C)cc3)c2c1. The minimum Gasteiger partial charge on any atom is -0.481 e. The molecule has 0 atom stereocenters. The van der Waals surface area contributed by atoms with Crippen LogP contribution < -0.4 is 4.74 Å². The van der Waals surface area contributed by atoms with Gasteiger partial charge in [0, 0.05) is 10.9 Å². The summed E-state index contributed by atoms with van der Waals surface area (Å²) >= 11 is 0. The van der Waals surface area contributed by atoms with E-state index in [2.05, 4.69) is 54.0 Å². The summed E-state index contributed by atoms with van der Waals surface area (Å²) in [6.07, 6.45) is 6.84. The van der Waals surface area contributed by atoms with Crippen LogP contribution >= 0.6 is 0 Å². The van der Waals surface area contributed by atoms with Crippen molar-refractivity contribution in [2.24, 2.45) is 0 Å². The van der Waals surface area contributed by atoms with Gasteiger partial charge in [-0.25, -0.2) is 9.97 Å². The zero-order valence-electron chi connectivity index (χ0n) is 13.3. The van der Waals surface area contributed by atoms with Gasteiger partial charge in [-0.2, -0.15) is 0 Å². The third-order valence-electron chi connectivity index (χ3n) is 3.78. The lowest BCUT2D eigenvalue weighted by molar-refractivity contribution is 0.371. The van der Waals surface area contributed by atoms with Gasteiger partial charge in [-0.15, -0.1) is 6.42 Å². The van der Waals surface area contributed by atoms with Crippen molar-refractivity contribution in [2.75, 3.05) is 6.61 Å². The third-order valence-corrected chi connectivity index (χ3v) is 3.78. The third kappa shape index (κ3) is 3.17. The number of terminal acetylenes is 1. The molecule has 0 saturated heterocycles. The van der Waals surface area contributed by atoms with Gasteiger partial charge in [-0.3, -0.25) is 0 Å². The Kier molecular flexibility index (Phi) is 4.25. The fourth-order valence-electron chi connectivity index (χ4n) is 2.51. The number of hydrogen-bond donors (Lipinski definition) is 0. The van der Waals surface area contributed by atoms with Gasteiger partial charge in [0.2, 0.25) is 0 Å². The maximum absolute atomic E-state index is 5.51. The Morgan fingerprint density at radius 1 is 1.09 bits per heavy atom. The van der Waals surface area contributed by atoms with Crippen molar-refractivity contribution in [3.05, 3.63) is 54.4 Å². The second kappa shape index (κ2) is 6.50. The van der Waals surface area contributed by atoms with Crippen molar-refractivity contribution in [1.82, 2.24) is 9.97 Å². The zero-order chi connectivity index (χ0) is 16.2. The highest BCUT2D eigenvalue weighted by Crippen LogP contribution is 2.29. The number of benzene rings is 2. The summed E-state index contributed by atoms with van der Waals surface area (Å²) in [5.74, 6) is 3.71. The first-order valence-corrected chi connectivity index (χ1v) is 7.60. The van der Waals surface area contributed by atoms with E-state index in [1.807, 2.05) is 18.2 Å². The fraction of sp³-hybridized carbons (Fsp3) is 0.200. The van der Waals surface area contributed by atoms with Crippen LogP contribution in [-0.4, -0.2) is 16.6 Å². The van der Waals surface area contributed by atoms with Crippen LogP contribution in [0.1, 0.15) is 25.3 Å². The normalized spacial score (nSPS) is 10.7. The van der Waals surface area contributed by atoms with Crippen molar-refractivity contribution < 1.29 is 4.74 Å². The van der Waals surface area contributed by atoms with Crippen LogP contribution in [0.25, 0.3) is 22.2 Å². The van der Waals surface area contributed by atoms with E-state index in [0.717, 1.165) is 27.9 Å². The summed E-state index contributed by atoms with van der Waals surface area (Å²) in [6, 6.07) is 14.2. The van der Waals surface area contributed by atoms with Crippen LogP contribution in [0.4, 0.5) is 0 Å². The minimum absolute atomic E-state index is 0.248. The van der Waals surface area contributed by atoms with E-state index in [-0.39, 0.29) is 6.61 Å². The highest BCUT2D eigenvalue weighted by Gasteiger charge is 2.08. The average molecular weight is 302 g/mol. The lowest BCUT2D eigenvalue weighted by Gasteiger charge is -2.09. The Hall–Kier alpha value is -2.86. The molecule has 3 heteroatoms. The summed E-state index contributed by atoms with van der Waals surface area (Å²) in [7, 11) is 0. The fourth-order valence-corrected chi connectivity index (χ4v) is 2.51. The van der Waals surface area contributed by atoms with Gasteiger partial charge in [0.05, 0.1) is 11.2 Å². The summed E-state index contributed by atoms with van der Waals surface area (Å²) < 4.78 is 5.51. The van der Waals surface area contributed by atoms with E-state index in [1.54, 1.807) is 6.33 Å². The van der Waals surface area contributed by atoms with Crippen molar-refractivity contribution in [3.63, 3.8) is 0 Å². The van der Waals surface area contributed by atoms with E-state index >= 15 is 0 Å². The molecular formula is C20H18N2O. The predicted octanol–water partition coefficient (Wildman–Crippen LogP) is 4.43. The molecule has 0 N–H and O–H groups in total. The van der Waals surface area contributed by atoms with Gasteiger partial charge in [0.25, 0.3) is 0 Å². The molecule has 0 aliphatic carbocycles. The number of aromatic nitrogens is 2. The molecule has 0 bridgehead atoms. The second-order valence-electron chi connectivity index (χ2n) is 5.67. The maximum Gasteiger partial charge on any atom is 0.148 e. The van der Waals surface area contributed by atoms with E-state index in [0.29, 0.717) is 5.92 Å². The highest BCUT2D eigenvalue weighted by atomic mass is 16.5. The van der Waals surface area contributed by atoms with Crippen LogP contribution in [0.15, 0.2) is 48.8 Å². The molecule has 3 rings (SSSR count). The highest BCUT2D eigenvalue weighted by molar-refractivity contribution is 5.92. The molecule has 1 aromatic heterocycles. The lowest BCUT2D eigenvalue weighted by Crippen LogP contribution is -1.95. The largest absolute Gasteiger partial charge is 0.481 e. The maximum atomic E-state index is 5.51. The Labute approximate surface area is 136 Å². The van der Waals surface area contributed by atoms with Gasteiger partial charge >= 0.3 is 0 Å². The first-order valence-electron chi connectivity index (χ1n) is 7.60. The van der Waals surface area contributed by atoms with Gasteiger partial charge in [-0.05, 0) is 29.7 Å². The van der Waals surface area contributed by atoms with Crippen LogP contribution in [0.5, 0.6) is 5.75 Å². The quantitative estimate of drug-likeness (QED) is 0.669. The Morgan fingerprint density at radius 2 is 1.87 bits per heavy atom. The number of nitrogens with zero attached hydrogens (tertiary/aromatic N) is 2. The van der Waals surface area contributed by atoms with Gasteiger partial charge in [-0.1, -0.05) is 44.0 Å². The minimum atomic E-state index is 0.248. The summed E-state index contributed by atoms with van der Waals surface area (Å²) in [6.45, 7) is 4.62. The van der Waals surface area contributed by atoms with Crippen molar-refractivity contribution in [1.29, 1.82) is 0 Å². The van der Waals surface area contributed by atoms with Crippen molar-refractivity contribution >= 4 is 10.9 Å². The molecule has 23 heavy (non-hydrogen) atoms. The molecular weight excluding hydrogens is 284 g/mol. The number of fused-ring (bicyclic) bond motifs is 1. The summed E-state index contributed by atoms with van der Waals surface area (Å²) in [5.41, 5.74) is 4.16. The lowest BCUT2D eigenvalue weighted by atomic mass is 9.99. The zero-order valence-corrected chi connectivity index (χ0v) is 13.3. The number of ether oxygens (including phenoxy) is 1. The molecule has 0 aliphatic heterocycles. The predicted molar refractivity (Wildman–Crippen MR) is 93.4 cm³/mol. The number of hydrogen-bond acceptors (Lipinski definition) is 3. The van der Waals surface area contributed by atoms with Crippen LogP contribution in [0, 0.1) is 12.3 Å². The molecule has 0 saturated carbocycles. The molecule has 3 aromatic rings. The van der Waals surface area contributed by atoms with Crippen LogP contribution in [-0.2, 0) is 0 Å². The molecule has 0 aliphatic rings. The molecule has 0 unspecified atom stereocenters. The van der Waals surface area contributed by atoms with E-state index in [1.165, 1.54) is 5.56 Å². The average Bonchev–Trinajstić information content (AvgIpc) is 2.59. The molecule has 3 nitrogen and oxygen atoms in total. The van der Waals surface area contributed by atoms with Crippen LogP contribution in [0.2, 0.25) is 0 Å². The van der Waals surface area contributed by atoms with Gasteiger partial charge in [0.1, 0.15) is 18.7 Å². The monoisotopic (exact) mass is 302 g/mol. The molecule has 114 valence electrons. The molecule has 2 aromatic carbocycles.